The SMILES string of the molecule is CC(NCCC(=O)N1CCOCC1)c1cnccn1. The molecule has 1 atom stereocenters. The van der Waals surface area contributed by atoms with E-state index in [1.165, 1.54) is 0 Å². The maximum absolute atomic E-state index is 11.9. The fraction of sp³-hybridized carbons (Fsp3) is 0.615. The quantitative estimate of drug-likeness (QED) is 0.832. The molecule has 1 amide bonds. The van der Waals surface area contributed by atoms with E-state index in [-0.39, 0.29) is 11.9 Å². The predicted octanol–water partition coefficient (Wildman–Crippen LogP) is 0.376. The molecule has 1 aliphatic rings. The van der Waals surface area contributed by atoms with Gasteiger partial charge in [0.05, 0.1) is 18.9 Å². The average Bonchev–Trinajstić information content (AvgIpc) is 2.49. The summed E-state index contributed by atoms with van der Waals surface area (Å²) in [5.41, 5.74) is 0.890. The maximum Gasteiger partial charge on any atom is 0.224 e. The van der Waals surface area contributed by atoms with Crippen molar-refractivity contribution in [1.29, 1.82) is 0 Å². The lowest BCUT2D eigenvalue weighted by Crippen LogP contribution is -2.41. The fourth-order valence-corrected chi connectivity index (χ4v) is 2.01. The Labute approximate surface area is 113 Å². The standard InChI is InChI=1S/C13H20N4O2/c1-11(12-10-14-4-5-16-12)15-3-2-13(18)17-6-8-19-9-7-17/h4-5,10-11,15H,2-3,6-9H2,1H3. The first-order valence-corrected chi connectivity index (χ1v) is 6.62. The molecule has 2 heterocycles. The van der Waals surface area contributed by atoms with Crippen molar-refractivity contribution in [3.63, 3.8) is 0 Å². The van der Waals surface area contributed by atoms with Gasteiger partial charge in [-0.15, -0.1) is 0 Å². The van der Waals surface area contributed by atoms with Crippen LogP contribution in [0, 0.1) is 0 Å². The van der Waals surface area contributed by atoms with Crippen LogP contribution >= 0.6 is 0 Å². The number of morpholine rings is 1. The molecule has 0 aliphatic carbocycles. The van der Waals surface area contributed by atoms with Gasteiger partial charge in [0.1, 0.15) is 0 Å². The van der Waals surface area contributed by atoms with E-state index in [9.17, 15) is 4.79 Å². The van der Waals surface area contributed by atoms with Gasteiger partial charge in [-0.05, 0) is 6.92 Å². The van der Waals surface area contributed by atoms with Crippen molar-refractivity contribution in [2.24, 2.45) is 0 Å². The van der Waals surface area contributed by atoms with Gasteiger partial charge >= 0.3 is 0 Å². The molecule has 0 bridgehead atoms. The zero-order valence-electron chi connectivity index (χ0n) is 11.2. The number of hydrogen-bond donors (Lipinski definition) is 1. The summed E-state index contributed by atoms with van der Waals surface area (Å²) in [5.74, 6) is 0.183. The largest absolute Gasteiger partial charge is 0.378 e. The second-order valence-electron chi connectivity index (χ2n) is 4.55. The van der Waals surface area contributed by atoms with Crippen LogP contribution in [-0.4, -0.2) is 53.6 Å². The van der Waals surface area contributed by atoms with Gasteiger partial charge in [0.25, 0.3) is 0 Å². The molecular formula is C13H20N4O2. The molecule has 6 heteroatoms. The summed E-state index contributed by atoms with van der Waals surface area (Å²) >= 11 is 0. The molecule has 1 unspecified atom stereocenters. The number of rotatable bonds is 5. The molecule has 1 saturated heterocycles. The zero-order chi connectivity index (χ0) is 13.5. The Balaban J connectivity index is 1.69. The third kappa shape index (κ3) is 4.25. The number of nitrogens with zero attached hydrogens (tertiary/aromatic N) is 3. The lowest BCUT2D eigenvalue weighted by atomic mass is 10.2. The fourth-order valence-electron chi connectivity index (χ4n) is 2.01. The molecule has 2 rings (SSSR count). The summed E-state index contributed by atoms with van der Waals surface area (Å²) in [6.07, 6.45) is 5.57. The van der Waals surface area contributed by atoms with Crippen LogP contribution in [0.1, 0.15) is 25.1 Å². The Morgan fingerprint density at radius 3 is 2.95 bits per heavy atom. The van der Waals surface area contributed by atoms with Crippen molar-refractivity contribution in [2.75, 3.05) is 32.8 Å². The molecular weight excluding hydrogens is 244 g/mol. The molecule has 1 aromatic rings. The van der Waals surface area contributed by atoms with Gasteiger partial charge in [-0.1, -0.05) is 0 Å². The third-order valence-electron chi connectivity index (χ3n) is 3.18. The van der Waals surface area contributed by atoms with Gasteiger partial charge in [-0.25, -0.2) is 0 Å². The number of amides is 1. The van der Waals surface area contributed by atoms with E-state index in [1.807, 2.05) is 11.8 Å². The van der Waals surface area contributed by atoms with Crippen molar-refractivity contribution < 1.29 is 9.53 Å². The Kier molecular flexibility index (Phi) is 5.23. The van der Waals surface area contributed by atoms with Crippen molar-refractivity contribution in [3.05, 3.63) is 24.3 Å². The molecule has 19 heavy (non-hydrogen) atoms. The Morgan fingerprint density at radius 1 is 1.47 bits per heavy atom. The van der Waals surface area contributed by atoms with Gasteiger partial charge < -0.3 is 15.0 Å². The maximum atomic E-state index is 11.9. The smallest absolute Gasteiger partial charge is 0.224 e. The van der Waals surface area contributed by atoms with Crippen molar-refractivity contribution in [2.45, 2.75) is 19.4 Å². The summed E-state index contributed by atoms with van der Waals surface area (Å²) < 4.78 is 5.23. The number of ether oxygens (including phenoxy) is 1. The van der Waals surface area contributed by atoms with Crippen molar-refractivity contribution in [3.8, 4) is 0 Å². The molecule has 0 radical (unpaired) electrons. The van der Waals surface area contributed by atoms with Gasteiger partial charge in [-0.3, -0.25) is 14.8 Å². The second-order valence-corrected chi connectivity index (χ2v) is 4.55. The Hall–Kier alpha value is -1.53. The predicted molar refractivity (Wildman–Crippen MR) is 70.5 cm³/mol. The third-order valence-corrected chi connectivity index (χ3v) is 3.18. The number of carbonyl (C=O) groups excluding carboxylic acids is 1. The van der Waals surface area contributed by atoms with E-state index in [0.717, 1.165) is 5.69 Å². The highest BCUT2D eigenvalue weighted by Crippen LogP contribution is 2.06. The molecule has 0 saturated carbocycles. The normalized spacial score (nSPS) is 17.2. The van der Waals surface area contributed by atoms with E-state index < -0.39 is 0 Å². The first-order valence-electron chi connectivity index (χ1n) is 6.62. The number of nitrogens with one attached hydrogen (secondary N) is 1. The van der Waals surface area contributed by atoms with Crippen LogP contribution in [0.2, 0.25) is 0 Å². The monoisotopic (exact) mass is 264 g/mol. The average molecular weight is 264 g/mol. The van der Waals surface area contributed by atoms with Crippen molar-refractivity contribution >= 4 is 5.91 Å². The number of carbonyl (C=O) groups is 1. The lowest BCUT2D eigenvalue weighted by molar-refractivity contribution is -0.135. The van der Waals surface area contributed by atoms with Crippen LogP contribution in [0.4, 0.5) is 0 Å². The highest BCUT2D eigenvalue weighted by Gasteiger charge is 2.16. The molecule has 6 nitrogen and oxygen atoms in total. The molecule has 0 aromatic carbocycles. The van der Waals surface area contributed by atoms with E-state index in [2.05, 4.69) is 15.3 Å². The molecule has 1 aliphatic heterocycles. The second kappa shape index (κ2) is 7.16. The summed E-state index contributed by atoms with van der Waals surface area (Å²) in [6.45, 7) is 5.37. The van der Waals surface area contributed by atoms with Crippen LogP contribution in [-0.2, 0) is 9.53 Å². The Morgan fingerprint density at radius 2 is 2.26 bits per heavy atom. The molecule has 1 aromatic heterocycles. The summed E-state index contributed by atoms with van der Waals surface area (Å²) in [7, 11) is 0. The number of aromatic nitrogens is 2. The first-order chi connectivity index (χ1) is 9.27. The highest BCUT2D eigenvalue weighted by molar-refractivity contribution is 5.76. The van der Waals surface area contributed by atoms with E-state index in [0.29, 0.717) is 39.3 Å². The van der Waals surface area contributed by atoms with Crippen LogP contribution in [0.3, 0.4) is 0 Å². The molecule has 0 spiro atoms. The van der Waals surface area contributed by atoms with Gasteiger partial charge in [0.2, 0.25) is 5.91 Å². The topological polar surface area (TPSA) is 67.4 Å². The number of hydrogen-bond acceptors (Lipinski definition) is 5. The van der Waals surface area contributed by atoms with Gasteiger partial charge in [0, 0.05) is 50.7 Å². The van der Waals surface area contributed by atoms with E-state index >= 15 is 0 Å². The first kappa shape index (κ1) is 13.9. The van der Waals surface area contributed by atoms with Gasteiger partial charge in [0.15, 0.2) is 0 Å². The molecule has 104 valence electrons. The van der Waals surface area contributed by atoms with Crippen molar-refractivity contribution in [1.82, 2.24) is 20.2 Å². The summed E-state index contributed by atoms with van der Waals surface area (Å²) in [6, 6.07) is 0.103. The van der Waals surface area contributed by atoms with E-state index in [1.54, 1.807) is 18.6 Å². The Bertz CT molecular complexity index is 393. The highest BCUT2D eigenvalue weighted by atomic mass is 16.5. The van der Waals surface area contributed by atoms with E-state index in [4.69, 9.17) is 4.74 Å². The summed E-state index contributed by atoms with van der Waals surface area (Å²) in [5, 5.41) is 3.29. The van der Waals surface area contributed by atoms with Crippen LogP contribution < -0.4 is 5.32 Å². The van der Waals surface area contributed by atoms with Crippen LogP contribution in [0.25, 0.3) is 0 Å². The molecule has 1 N–H and O–H groups in total. The van der Waals surface area contributed by atoms with Gasteiger partial charge in [-0.2, -0.15) is 0 Å². The minimum Gasteiger partial charge on any atom is -0.378 e. The minimum atomic E-state index is 0.103. The lowest BCUT2D eigenvalue weighted by Gasteiger charge is -2.27. The minimum absolute atomic E-state index is 0.103. The zero-order valence-corrected chi connectivity index (χ0v) is 11.2. The van der Waals surface area contributed by atoms with Crippen LogP contribution in [0.15, 0.2) is 18.6 Å². The molecule has 1 fully saturated rings. The van der Waals surface area contributed by atoms with Crippen LogP contribution in [0.5, 0.6) is 0 Å². The summed E-state index contributed by atoms with van der Waals surface area (Å²) in [4.78, 5) is 22.0.